The zero-order chi connectivity index (χ0) is 13.6. The number of hydrogen-bond donors (Lipinski definition) is 0. The second-order valence-electron chi connectivity index (χ2n) is 4.79. The van der Waals surface area contributed by atoms with Crippen LogP contribution < -0.4 is 0 Å². The van der Waals surface area contributed by atoms with Gasteiger partial charge in [0.15, 0.2) is 5.76 Å². The average Bonchev–Trinajstić information content (AvgIpc) is 2.94. The molecule has 1 aromatic carbocycles. The van der Waals surface area contributed by atoms with Crippen LogP contribution in [0.2, 0.25) is 0 Å². The number of hydrogen-bond acceptors (Lipinski definition) is 3. The Balaban J connectivity index is 2.15. The fourth-order valence-corrected chi connectivity index (χ4v) is 2.22. The van der Waals surface area contributed by atoms with Crippen molar-refractivity contribution in [3.05, 3.63) is 53.0 Å². The number of rotatable bonds is 2. The molecule has 0 saturated carbocycles. The van der Waals surface area contributed by atoms with Gasteiger partial charge >= 0.3 is 0 Å². The van der Waals surface area contributed by atoms with Crippen molar-refractivity contribution in [3.63, 3.8) is 0 Å². The molecule has 4 nitrogen and oxygen atoms in total. The first-order valence-electron chi connectivity index (χ1n) is 6.09. The maximum atomic E-state index is 12.4. The number of aryl methyl sites for hydroxylation is 3. The lowest BCUT2D eigenvalue weighted by atomic mass is 10.1. The molecule has 0 fully saturated rings. The Morgan fingerprint density at radius 2 is 2.11 bits per heavy atom. The number of nitrogens with zero attached hydrogens (tertiary/aromatic N) is 2. The van der Waals surface area contributed by atoms with E-state index in [9.17, 15) is 4.79 Å². The van der Waals surface area contributed by atoms with Crippen molar-refractivity contribution in [2.24, 2.45) is 7.05 Å². The van der Waals surface area contributed by atoms with Crippen LogP contribution >= 0.6 is 0 Å². The summed E-state index contributed by atoms with van der Waals surface area (Å²) in [6.45, 7) is 3.93. The van der Waals surface area contributed by atoms with Gasteiger partial charge in [-0.15, -0.1) is 0 Å². The summed E-state index contributed by atoms with van der Waals surface area (Å²) in [6.07, 6.45) is 3.25. The SMILES string of the molecule is Cc1ccc2oc(C(=O)c3cnn(C)c3)c(C)c2c1. The summed E-state index contributed by atoms with van der Waals surface area (Å²) in [4.78, 5) is 12.4. The molecule has 2 heterocycles. The molecular weight excluding hydrogens is 240 g/mol. The molecule has 3 aromatic rings. The van der Waals surface area contributed by atoms with E-state index in [1.165, 1.54) is 0 Å². The Bertz CT molecular complexity index is 781. The highest BCUT2D eigenvalue weighted by atomic mass is 16.3. The summed E-state index contributed by atoms with van der Waals surface area (Å²) in [5.41, 5.74) is 3.32. The van der Waals surface area contributed by atoms with E-state index in [1.54, 1.807) is 24.1 Å². The molecule has 0 bridgehead atoms. The van der Waals surface area contributed by atoms with Crippen molar-refractivity contribution >= 4 is 16.8 Å². The van der Waals surface area contributed by atoms with E-state index in [4.69, 9.17) is 4.42 Å². The van der Waals surface area contributed by atoms with Gasteiger partial charge in [-0.25, -0.2) is 0 Å². The van der Waals surface area contributed by atoms with Gasteiger partial charge < -0.3 is 4.42 Å². The van der Waals surface area contributed by atoms with E-state index in [0.717, 1.165) is 22.1 Å². The van der Waals surface area contributed by atoms with Crippen molar-refractivity contribution in [2.75, 3.05) is 0 Å². The Hall–Kier alpha value is -2.36. The number of fused-ring (bicyclic) bond motifs is 1. The molecule has 2 aromatic heterocycles. The monoisotopic (exact) mass is 254 g/mol. The first kappa shape index (κ1) is 11.7. The summed E-state index contributed by atoms with van der Waals surface area (Å²) in [6, 6.07) is 5.91. The zero-order valence-corrected chi connectivity index (χ0v) is 11.1. The molecule has 0 unspecified atom stereocenters. The van der Waals surface area contributed by atoms with Crippen LogP contribution in [0, 0.1) is 13.8 Å². The summed E-state index contributed by atoms with van der Waals surface area (Å²) in [5, 5.41) is 5.01. The van der Waals surface area contributed by atoms with Gasteiger partial charge in [-0.1, -0.05) is 11.6 Å². The fourth-order valence-electron chi connectivity index (χ4n) is 2.22. The number of carbonyl (C=O) groups excluding carboxylic acids is 1. The van der Waals surface area contributed by atoms with Crippen LogP contribution in [0.3, 0.4) is 0 Å². The minimum absolute atomic E-state index is 0.126. The van der Waals surface area contributed by atoms with Gasteiger partial charge in [-0.2, -0.15) is 5.10 Å². The third-order valence-corrected chi connectivity index (χ3v) is 3.26. The Labute approximate surface area is 110 Å². The van der Waals surface area contributed by atoms with Crippen LogP contribution in [-0.4, -0.2) is 15.6 Å². The Morgan fingerprint density at radius 3 is 2.79 bits per heavy atom. The van der Waals surface area contributed by atoms with Crippen LogP contribution in [0.1, 0.15) is 27.2 Å². The lowest BCUT2D eigenvalue weighted by molar-refractivity contribution is 0.101. The Morgan fingerprint density at radius 1 is 1.32 bits per heavy atom. The lowest BCUT2D eigenvalue weighted by Crippen LogP contribution is -2.00. The first-order valence-corrected chi connectivity index (χ1v) is 6.09. The van der Waals surface area contributed by atoms with Gasteiger partial charge in [0.05, 0.1) is 11.8 Å². The first-order chi connectivity index (χ1) is 9.06. The van der Waals surface area contributed by atoms with Crippen LogP contribution in [0.5, 0.6) is 0 Å². The standard InChI is InChI=1S/C15H14N2O2/c1-9-4-5-13-12(6-9)10(2)15(19-13)14(18)11-7-16-17(3)8-11/h4-8H,1-3H3. The van der Waals surface area contributed by atoms with E-state index in [2.05, 4.69) is 5.10 Å². The fraction of sp³-hybridized carbons (Fsp3) is 0.200. The molecule has 0 atom stereocenters. The predicted octanol–water partition coefficient (Wildman–Crippen LogP) is 3.01. The minimum Gasteiger partial charge on any atom is -0.452 e. The summed E-state index contributed by atoms with van der Waals surface area (Å²) in [7, 11) is 1.78. The summed E-state index contributed by atoms with van der Waals surface area (Å²) >= 11 is 0. The predicted molar refractivity (Wildman–Crippen MR) is 72.3 cm³/mol. The molecular formula is C15H14N2O2. The van der Waals surface area contributed by atoms with E-state index < -0.39 is 0 Å². The normalized spacial score (nSPS) is 11.1. The molecule has 4 heteroatoms. The number of benzene rings is 1. The maximum Gasteiger partial charge on any atom is 0.231 e. The van der Waals surface area contributed by atoms with Crippen LogP contribution in [-0.2, 0) is 7.05 Å². The number of furan rings is 1. The highest BCUT2D eigenvalue weighted by molar-refractivity contribution is 6.10. The van der Waals surface area contributed by atoms with Crippen LogP contribution in [0.25, 0.3) is 11.0 Å². The van der Waals surface area contributed by atoms with Crippen molar-refractivity contribution in [2.45, 2.75) is 13.8 Å². The molecule has 0 radical (unpaired) electrons. The lowest BCUT2D eigenvalue weighted by Gasteiger charge is -1.94. The van der Waals surface area contributed by atoms with E-state index in [-0.39, 0.29) is 5.78 Å². The third-order valence-electron chi connectivity index (χ3n) is 3.26. The molecule has 0 aliphatic carbocycles. The second kappa shape index (κ2) is 4.09. The van der Waals surface area contributed by atoms with E-state index in [1.807, 2.05) is 32.0 Å². The van der Waals surface area contributed by atoms with Crippen molar-refractivity contribution < 1.29 is 9.21 Å². The largest absolute Gasteiger partial charge is 0.452 e. The molecule has 0 saturated heterocycles. The highest BCUT2D eigenvalue weighted by Crippen LogP contribution is 2.27. The Kier molecular flexibility index (Phi) is 2.52. The minimum atomic E-state index is -0.126. The van der Waals surface area contributed by atoms with Crippen molar-refractivity contribution in [1.82, 2.24) is 9.78 Å². The van der Waals surface area contributed by atoms with Gasteiger partial charge in [0.25, 0.3) is 0 Å². The molecule has 0 N–H and O–H groups in total. The zero-order valence-electron chi connectivity index (χ0n) is 11.1. The molecule has 0 aliphatic rings. The number of ketones is 1. The maximum absolute atomic E-state index is 12.4. The molecule has 19 heavy (non-hydrogen) atoms. The molecule has 0 aliphatic heterocycles. The number of carbonyl (C=O) groups is 1. The van der Waals surface area contributed by atoms with Crippen molar-refractivity contribution in [3.8, 4) is 0 Å². The quantitative estimate of drug-likeness (QED) is 0.660. The topological polar surface area (TPSA) is 48.0 Å². The second-order valence-corrected chi connectivity index (χ2v) is 4.79. The van der Waals surface area contributed by atoms with Gasteiger partial charge in [0.1, 0.15) is 5.58 Å². The van der Waals surface area contributed by atoms with Gasteiger partial charge in [0.2, 0.25) is 5.78 Å². The van der Waals surface area contributed by atoms with Crippen LogP contribution in [0.15, 0.2) is 35.0 Å². The van der Waals surface area contributed by atoms with E-state index >= 15 is 0 Å². The molecule has 0 spiro atoms. The van der Waals surface area contributed by atoms with Crippen LogP contribution in [0.4, 0.5) is 0 Å². The number of aromatic nitrogens is 2. The van der Waals surface area contributed by atoms with Gasteiger partial charge in [0, 0.05) is 24.2 Å². The van der Waals surface area contributed by atoms with Crippen molar-refractivity contribution in [1.29, 1.82) is 0 Å². The highest BCUT2D eigenvalue weighted by Gasteiger charge is 2.20. The van der Waals surface area contributed by atoms with E-state index in [0.29, 0.717) is 11.3 Å². The average molecular weight is 254 g/mol. The van der Waals surface area contributed by atoms with Gasteiger partial charge in [-0.05, 0) is 26.0 Å². The molecule has 0 amide bonds. The third kappa shape index (κ3) is 1.85. The summed E-state index contributed by atoms with van der Waals surface area (Å²) in [5.74, 6) is 0.271. The molecule has 96 valence electrons. The van der Waals surface area contributed by atoms with Gasteiger partial charge in [-0.3, -0.25) is 9.48 Å². The summed E-state index contributed by atoms with van der Waals surface area (Å²) < 4.78 is 7.30. The molecule has 3 rings (SSSR count). The smallest absolute Gasteiger partial charge is 0.231 e.